The lowest BCUT2D eigenvalue weighted by molar-refractivity contribution is 0.0854. The molecule has 0 spiro atoms. The predicted octanol–water partition coefficient (Wildman–Crippen LogP) is 2.51. The summed E-state index contributed by atoms with van der Waals surface area (Å²) >= 11 is 0. The van der Waals surface area contributed by atoms with Gasteiger partial charge in [-0.25, -0.2) is 0 Å². The Morgan fingerprint density at radius 1 is 1.32 bits per heavy atom. The molecule has 0 aliphatic carbocycles. The number of nitrogens with zero attached hydrogens (tertiary/aromatic N) is 1. The Labute approximate surface area is 119 Å². The summed E-state index contributed by atoms with van der Waals surface area (Å²) in [6.07, 6.45) is 5.37. The molecule has 0 aromatic carbocycles. The first-order valence-corrected chi connectivity index (χ1v) is 8.17. The van der Waals surface area contributed by atoms with E-state index < -0.39 is 0 Å². The number of rotatable bonds is 6. The van der Waals surface area contributed by atoms with Gasteiger partial charge in [0.2, 0.25) is 0 Å². The fraction of sp³-hybridized carbons (Fsp3) is 1.00. The van der Waals surface area contributed by atoms with Crippen molar-refractivity contribution in [3.05, 3.63) is 0 Å². The quantitative estimate of drug-likeness (QED) is 0.801. The van der Waals surface area contributed by atoms with Crippen LogP contribution in [0.5, 0.6) is 0 Å². The molecule has 3 heteroatoms. The van der Waals surface area contributed by atoms with E-state index in [0.717, 1.165) is 25.7 Å². The Balaban J connectivity index is 1.83. The van der Waals surface area contributed by atoms with Crippen LogP contribution in [0.4, 0.5) is 0 Å². The number of hydrogen-bond acceptors (Lipinski definition) is 3. The third-order valence-electron chi connectivity index (χ3n) is 4.91. The summed E-state index contributed by atoms with van der Waals surface area (Å²) in [5.41, 5.74) is 0.364. The molecule has 2 heterocycles. The van der Waals surface area contributed by atoms with Crippen molar-refractivity contribution in [2.24, 2.45) is 11.3 Å². The molecule has 2 rings (SSSR count). The van der Waals surface area contributed by atoms with E-state index in [-0.39, 0.29) is 0 Å². The van der Waals surface area contributed by atoms with Crippen molar-refractivity contribution < 1.29 is 4.74 Å². The topological polar surface area (TPSA) is 24.5 Å². The van der Waals surface area contributed by atoms with Gasteiger partial charge in [0.25, 0.3) is 0 Å². The molecule has 3 nitrogen and oxygen atoms in total. The molecule has 2 aliphatic rings. The molecule has 1 atom stereocenters. The monoisotopic (exact) mass is 268 g/mol. The fourth-order valence-electron chi connectivity index (χ4n) is 3.42. The summed E-state index contributed by atoms with van der Waals surface area (Å²) < 4.78 is 5.71. The first-order valence-electron chi connectivity index (χ1n) is 8.17. The molecule has 0 bridgehead atoms. The smallest absolute Gasteiger partial charge is 0.0547 e. The average molecular weight is 268 g/mol. The molecule has 1 N–H and O–H groups in total. The maximum Gasteiger partial charge on any atom is 0.0547 e. The lowest BCUT2D eigenvalue weighted by Crippen LogP contribution is -2.48. The molecule has 2 aliphatic heterocycles. The molecule has 0 aromatic heterocycles. The van der Waals surface area contributed by atoms with Crippen molar-refractivity contribution in [3.63, 3.8) is 0 Å². The molecule has 112 valence electrons. The second-order valence-electron chi connectivity index (χ2n) is 6.97. The minimum absolute atomic E-state index is 0.364. The maximum atomic E-state index is 5.71. The zero-order valence-electron chi connectivity index (χ0n) is 13.1. The van der Waals surface area contributed by atoms with Crippen LogP contribution in [0.25, 0.3) is 0 Å². The van der Waals surface area contributed by atoms with E-state index in [9.17, 15) is 0 Å². The van der Waals surface area contributed by atoms with Gasteiger partial charge < -0.3 is 15.0 Å². The minimum atomic E-state index is 0.364. The van der Waals surface area contributed by atoms with Gasteiger partial charge in [0, 0.05) is 31.2 Å². The van der Waals surface area contributed by atoms with Crippen LogP contribution >= 0.6 is 0 Å². The van der Waals surface area contributed by atoms with Crippen molar-refractivity contribution in [1.29, 1.82) is 0 Å². The summed E-state index contributed by atoms with van der Waals surface area (Å²) in [5.74, 6) is 0.973. The SMILES string of the molecule is CCC1CCN(CC2(CNC(C)C)CCOC2)CC1. The predicted molar refractivity (Wildman–Crippen MR) is 80.5 cm³/mol. The van der Waals surface area contributed by atoms with Gasteiger partial charge >= 0.3 is 0 Å². The Kier molecular flexibility index (Phi) is 5.67. The Morgan fingerprint density at radius 3 is 2.58 bits per heavy atom. The highest BCUT2D eigenvalue weighted by Crippen LogP contribution is 2.31. The summed E-state index contributed by atoms with van der Waals surface area (Å²) in [4.78, 5) is 2.68. The van der Waals surface area contributed by atoms with Gasteiger partial charge in [0.15, 0.2) is 0 Å². The van der Waals surface area contributed by atoms with Crippen molar-refractivity contribution in [1.82, 2.24) is 10.2 Å². The number of hydrogen-bond donors (Lipinski definition) is 1. The van der Waals surface area contributed by atoms with E-state index >= 15 is 0 Å². The van der Waals surface area contributed by atoms with Crippen molar-refractivity contribution in [2.45, 2.75) is 52.5 Å². The summed E-state index contributed by atoms with van der Waals surface area (Å²) in [7, 11) is 0. The van der Waals surface area contributed by atoms with Gasteiger partial charge in [-0.1, -0.05) is 27.2 Å². The van der Waals surface area contributed by atoms with Gasteiger partial charge in [0.1, 0.15) is 0 Å². The summed E-state index contributed by atoms with van der Waals surface area (Å²) in [6.45, 7) is 13.6. The van der Waals surface area contributed by atoms with Crippen LogP contribution in [0.1, 0.15) is 46.5 Å². The van der Waals surface area contributed by atoms with E-state index in [1.807, 2.05) is 0 Å². The molecule has 0 aromatic rings. The number of ether oxygens (including phenoxy) is 1. The zero-order valence-corrected chi connectivity index (χ0v) is 13.1. The highest BCUT2D eigenvalue weighted by Gasteiger charge is 2.37. The molecule has 0 saturated carbocycles. The minimum Gasteiger partial charge on any atom is -0.381 e. The van der Waals surface area contributed by atoms with Crippen LogP contribution in [0.2, 0.25) is 0 Å². The van der Waals surface area contributed by atoms with Crippen LogP contribution in [0, 0.1) is 11.3 Å². The summed E-state index contributed by atoms with van der Waals surface area (Å²) in [6, 6.07) is 0.573. The molecular formula is C16H32N2O. The van der Waals surface area contributed by atoms with Crippen molar-refractivity contribution in [3.8, 4) is 0 Å². The van der Waals surface area contributed by atoms with E-state index in [1.54, 1.807) is 0 Å². The highest BCUT2D eigenvalue weighted by atomic mass is 16.5. The first kappa shape index (κ1) is 15.3. The molecule has 2 saturated heterocycles. The molecule has 0 amide bonds. The average Bonchev–Trinajstić information content (AvgIpc) is 2.86. The van der Waals surface area contributed by atoms with Crippen LogP contribution in [-0.4, -0.2) is 50.3 Å². The second-order valence-corrected chi connectivity index (χ2v) is 6.97. The van der Waals surface area contributed by atoms with E-state index in [1.165, 1.54) is 45.3 Å². The second kappa shape index (κ2) is 7.05. The van der Waals surface area contributed by atoms with E-state index in [4.69, 9.17) is 4.74 Å². The number of likely N-dealkylation sites (tertiary alicyclic amines) is 1. The van der Waals surface area contributed by atoms with Crippen LogP contribution in [-0.2, 0) is 4.74 Å². The van der Waals surface area contributed by atoms with E-state index in [0.29, 0.717) is 11.5 Å². The Bertz CT molecular complexity index is 253. The van der Waals surface area contributed by atoms with Gasteiger partial charge in [0.05, 0.1) is 6.61 Å². The zero-order chi connectivity index (χ0) is 13.7. The normalized spacial score (nSPS) is 30.3. The third kappa shape index (κ3) is 4.44. The first-order chi connectivity index (χ1) is 9.13. The van der Waals surface area contributed by atoms with Crippen LogP contribution in [0.3, 0.4) is 0 Å². The largest absolute Gasteiger partial charge is 0.381 e. The maximum absolute atomic E-state index is 5.71. The van der Waals surface area contributed by atoms with Crippen LogP contribution in [0.15, 0.2) is 0 Å². The van der Waals surface area contributed by atoms with Gasteiger partial charge in [-0.3, -0.25) is 0 Å². The Morgan fingerprint density at radius 2 is 2.05 bits per heavy atom. The molecule has 2 fully saturated rings. The van der Waals surface area contributed by atoms with Crippen molar-refractivity contribution in [2.75, 3.05) is 39.4 Å². The highest BCUT2D eigenvalue weighted by molar-refractivity contribution is 4.90. The van der Waals surface area contributed by atoms with Gasteiger partial charge in [-0.05, 0) is 38.3 Å². The number of piperidine rings is 1. The van der Waals surface area contributed by atoms with Gasteiger partial charge in [-0.15, -0.1) is 0 Å². The standard InChI is InChI=1S/C16H32N2O/c1-4-15-5-8-18(9-6-15)12-16(7-10-19-13-16)11-17-14(2)3/h14-15,17H,4-13H2,1-3H3. The molecule has 1 unspecified atom stereocenters. The van der Waals surface area contributed by atoms with Crippen LogP contribution < -0.4 is 5.32 Å². The third-order valence-corrected chi connectivity index (χ3v) is 4.91. The molecule has 19 heavy (non-hydrogen) atoms. The molecule has 0 radical (unpaired) electrons. The lowest BCUT2D eigenvalue weighted by Gasteiger charge is -2.38. The van der Waals surface area contributed by atoms with E-state index in [2.05, 4.69) is 31.0 Å². The summed E-state index contributed by atoms with van der Waals surface area (Å²) in [5, 5.41) is 3.63. The van der Waals surface area contributed by atoms with Crippen molar-refractivity contribution >= 4 is 0 Å². The number of nitrogens with one attached hydrogen (secondary N) is 1. The van der Waals surface area contributed by atoms with Gasteiger partial charge in [-0.2, -0.15) is 0 Å². The Hall–Kier alpha value is -0.120. The molecular weight excluding hydrogens is 236 g/mol. The fourth-order valence-corrected chi connectivity index (χ4v) is 3.42. The lowest BCUT2D eigenvalue weighted by atomic mass is 9.84.